The van der Waals surface area contributed by atoms with Crippen molar-refractivity contribution in [3.05, 3.63) is 65.2 Å². The molecule has 0 fully saturated rings. The second kappa shape index (κ2) is 12.7. The molecule has 0 atom stereocenters. The zero-order valence-electron chi connectivity index (χ0n) is 18.2. The van der Waals surface area contributed by atoms with Crippen LogP contribution in [0.4, 0.5) is 0 Å². The summed E-state index contributed by atoms with van der Waals surface area (Å²) < 4.78 is 0. The van der Waals surface area contributed by atoms with Crippen LogP contribution in [0.2, 0.25) is 0 Å². The van der Waals surface area contributed by atoms with E-state index in [0.29, 0.717) is 0 Å². The fourth-order valence-electron chi connectivity index (χ4n) is 2.81. The molecular formula is C23H35F2Zr-3. The molecular weight excluding hydrogens is 405 g/mol. The summed E-state index contributed by atoms with van der Waals surface area (Å²) in [6.45, 7) is 28.3. The van der Waals surface area contributed by atoms with Crippen LogP contribution in [-0.4, -0.2) is 0 Å². The predicted molar refractivity (Wildman–Crippen MR) is 105 cm³/mol. The maximum absolute atomic E-state index is 3.44. The van der Waals surface area contributed by atoms with E-state index in [1.54, 1.807) is 0 Å². The molecule has 0 amide bonds. The van der Waals surface area contributed by atoms with E-state index < -0.39 is 0 Å². The third-order valence-electron chi connectivity index (χ3n) is 5.12. The summed E-state index contributed by atoms with van der Waals surface area (Å²) in [5.41, 5.74) is 8.79. The molecule has 148 valence electrons. The van der Waals surface area contributed by atoms with Crippen LogP contribution in [0.15, 0.2) is 46.1 Å². The van der Waals surface area contributed by atoms with Crippen molar-refractivity contribution >= 4 is 0 Å². The monoisotopic (exact) mass is 439 g/mol. The molecule has 0 saturated heterocycles. The van der Waals surface area contributed by atoms with Crippen LogP contribution in [-0.2, 0) is 26.2 Å². The second-order valence-corrected chi connectivity index (χ2v) is 7.54. The fraction of sp³-hybridized carbons (Fsp3) is 0.522. The van der Waals surface area contributed by atoms with Crippen molar-refractivity contribution in [3.63, 3.8) is 0 Å². The van der Waals surface area contributed by atoms with E-state index in [1.165, 1.54) is 39.5 Å². The Labute approximate surface area is 180 Å². The number of hydrogen-bond acceptors (Lipinski definition) is 0. The molecule has 0 nitrogen and oxygen atoms in total. The van der Waals surface area contributed by atoms with Gasteiger partial charge in [-0.05, 0) is 0 Å². The number of halogens is 2. The molecule has 0 N–H and O–H groups in total. The van der Waals surface area contributed by atoms with Crippen molar-refractivity contribution < 1.29 is 35.6 Å². The molecule has 0 aliphatic heterocycles. The minimum absolute atomic E-state index is 0. The molecule has 0 saturated carbocycles. The zero-order chi connectivity index (χ0) is 18.6. The number of rotatable bonds is 0. The van der Waals surface area contributed by atoms with E-state index in [-0.39, 0.29) is 46.4 Å². The van der Waals surface area contributed by atoms with E-state index in [1.807, 2.05) is 0 Å². The van der Waals surface area contributed by atoms with Crippen molar-refractivity contribution in [2.45, 2.75) is 69.2 Å². The van der Waals surface area contributed by atoms with Gasteiger partial charge in [0.25, 0.3) is 0 Å². The average Bonchev–Trinajstić information content (AvgIpc) is 2.71. The Hall–Kier alpha value is -0.687. The van der Waals surface area contributed by atoms with Gasteiger partial charge in [-0.15, -0.1) is 13.8 Å². The third-order valence-corrected chi connectivity index (χ3v) is 5.12. The van der Waals surface area contributed by atoms with Crippen molar-refractivity contribution in [1.29, 1.82) is 0 Å². The van der Waals surface area contributed by atoms with Crippen molar-refractivity contribution in [3.8, 4) is 0 Å². The summed E-state index contributed by atoms with van der Waals surface area (Å²) in [7, 11) is 0. The Kier molecular flexibility index (Phi) is 16.0. The van der Waals surface area contributed by atoms with E-state index in [9.17, 15) is 0 Å². The summed E-state index contributed by atoms with van der Waals surface area (Å²) in [6, 6.07) is 0. The SMILES string of the molecule is C=C[CH2-].CC1=[C-]C(C)(C)C(C)=C1C.CC1=[C-]C(C)(C)C(C)=C1C.[F-].[F-].[Zr+2]. The summed E-state index contributed by atoms with van der Waals surface area (Å²) in [6.07, 6.45) is 8.37. The smallest absolute Gasteiger partial charge is 1.00 e. The average molecular weight is 441 g/mol. The van der Waals surface area contributed by atoms with Crippen molar-refractivity contribution in [2.24, 2.45) is 10.8 Å². The van der Waals surface area contributed by atoms with Crippen LogP contribution >= 0.6 is 0 Å². The van der Waals surface area contributed by atoms with Gasteiger partial charge in [0.15, 0.2) is 0 Å². The van der Waals surface area contributed by atoms with Crippen LogP contribution in [0.1, 0.15) is 69.2 Å². The molecule has 2 rings (SSSR count). The first-order valence-electron chi connectivity index (χ1n) is 8.32. The molecule has 0 heterocycles. The largest absolute Gasteiger partial charge is 2.00 e. The molecule has 0 aromatic carbocycles. The molecule has 2 aliphatic carbocycles. The maximum atomic E-state index is 3.44. The first-order valence-corrected chi connectivity index (χ1v) is 8.32. The van der Waals surface area contributed by atoms with Crippen LogP contribution in [0.3, 0.4) is 0 Å². The Morgan fingerprint density at radius 3 is 0.962 bits per heavy atom. The van der Waals surface area contributed by atoms with Gasteiger partial charge in [-0.1, -0.05) is 66.2 Å². The van der Waals surface area contributed by atoms with Gasteiger partial charge in [0, 0.05) is 0 Å². The topological polar surface area (TPSA) is 0 Å². The van der Waals surface area contributed by atoms with Crippen molar-refractivity contribution in [1.82, 2.24) is 0 Å². The Balaban J connectivity index is -0.000000147. The minimum Gasteiger partial charge on any atom is -1.00 e. The molecule has 0 aromatic rings. The fourth-order valence-corrected chi connectivity index (χ4v) is 2.81. The summed E-state index contributed by atoms with van der Waals surface area (Å²) in [5.74, 6) is 0. The van der Waals surface area contributed by atoms with Crippen LogP contribution < -0.4 is 9.41 Å². The van der Waals surface area contributed by atoms with E-state index in [4.69, 9.17) is 0 Å². The number of allylic oxidation sites excluding steroid dienone is 9. The molecule has 0 spiro atoms. The standard InChI is InChI=1S/2C10H15.C3H5.2FH.Zr/c2*1-7-6-10(4,5)9(3)8(7)2;1-3-2;;;/h2*1-5H3;3H,1-2H2;2*1H;/q3*-1;;;+2/p-2. The Bertz CT molecular complexity index is 535. The van der Waals surface area contributed by atoms with Gasteiger partial charge < -0.3 is 9.41 Å². The van der Waals surface area contributed by atoms with Gasteiger partial charge in [-0.25, -0.2) is 30.7 Å². The van der Waals surface area contributed by atoms with Crippen LogP contribution in [0.25, 0.3) is 0 Å². The first kappa shape index (κ1) is 32.9. The normalized spacial score (nSPS) is 18.5. The van der Waals surface area contributed by atoms with Crippen LogP contribution in [0, 0.1) is 29.9 Å². The summed E-state index contributed by atoms with van der Waals surface area (Å²) in [4.78, 5) is 0. The predicted octanol–water partition coefficient (Wildman–Crippen LogP) is 1.24. The van der Waals surface area contributed by atoms with Crippen molar-refractivity contribution in [2.75, 3.05) is 0 Å². The third kappa shape index (κ3) is 8.34. The van der Waals surface area contributed by atoms with Gasteiger partial charge in [-0.3, -0.25) is 12.2 Å². The summed E-state index contributed by atoms with van der Waals surface area (Å²) in [5, 5.41) is 0. The van der Waals surface area contributed by atoms with Crippen LogP contribution in [0.5, 0.6) is 0 Å². The molecule has 26 heavy (non-hydrogen) atoms. The molecule has 2 aliphatic rings. The van der Waals surface area contributed by atoms with Gasteiger partial charge in [0.1, 0.15) is 0 Å². The first-order chi connectivity index (χ1) is 10.3. The van der Waals surface area contributed by atoms with E-state index >= 15 is 0 Å². The van der Waals surface area contributed by atoms with Gasteiger partial charge in [-0.2, -0.15) is 22.3 Å². The quantitative estimate of drug-likeness (QED) is 0.497. The molecule has 0 radical (unpaired) electrons. The number of hydrogen-bond donors (Lipinski definition) is 0. The zero-order valence-corrected chi connectivity index (χ0v) is 20.7. The second-order valence-electron chi connectivity index (χ2n) is 7.54. The molecule has 0 bridgehead atoms. The minimum atomic E-state index is 0. The molecule has 0 aromatic heterocycles. The Morgan fingerprint density at radius 2 is 0.923 bits per heavy atom. The maximum Gasteiger partial charge on any atom is 2.00 e. The molecule has 0 unspecified atom stereocenters. The summed E-state index contributed by atoms with van der Waals surface area (Å²) >= 11 is 0. The Morgan fingerprint density at radius 1 is 0.731 bits per heavy atom. The van der Waals surface area contributed by atoms with E-state index in [0.717, 1.165) is 0 Å². The molecule has 3 heteroatoms. The van der Waals surface area contributed by atoms with Gasteiger partial charge in [0.2, 0.25) is 0 Å². The van der Waals surface area contributed by atoms with Gasteiger partial charge in [0.05, 0.1) is 0 Å². The van der Waals surface area contributed by atoms with Gasteiger partial charge >= 0.3 is 26.2 Å². The van der Waals surface area contributed by atoms with E-state index in [2.05, 4.69) is 94.9 Å².